The van der Waals surface area contributed by atoms with E-state index in [4.69, 9.17) is 4.74 Å². The molecule has 0 spiro atoms. The minimum Gasteiger partial charge on any atom is -0.463 e. The highest BCUT2D eigenvalue weighted by molar-refractivity contribution is 7.90. The van der Waals surface area contributed by atoms with E-state index in [1.54, 1.807) is 79.7 Å². The number of rotatable bonds is 6. The normalized spacial score (nSPS) is 11.8. The summed E-state index contributed by atoms with van der Waals surface area (Å²) in [7, 11) is -3.88. The topological polar surface area (TPSA) is 78.3 Å². The summed E-state index contributed by atoms with van der Waals surface area (Å²) in [6, 6.07) is 21.1. The van der Waals surface area contributed by atoms with Crippen LogP contribution in [0.1, 0.15) is 18.1 Å². The third-order valence-electron chi connectivity index (χ3n) is 4.95. The molecule has 0 amide bonds. The second-order valence-electron chi connectivity index (χ2n) is 7.21. The predicted octanol–water partition coefficient (Wildman–Crippen LogP) is 4.83. The van der Waals surface area contributed by atoms with Gasteiger partial charge in [0.2, 0.25) is 0 Å². The molecule has 7 heteroatoms. The van der Waals surface area contributed by atoms with E-state index >= 15 is 0 Å². The van der Waals surface area contributed by atoms with Crippen molar-refractivity contribution in [2.75, 3.05) is 6.61 Å². The molecule has 0 radical (unpaired) electrons. The Bertz CT molecular complexity index is 1400. The highest BCUT2D eigenvalue weighted by atomic mass is 32.2. The molecule has 3 aromatic carbocycles. The molecule has 0 saturated heterocycles. The summed E-state index contributed by atoms with van der Waals surface area (Å²) >= 11 is 0. The van der Waals surface area contributed by atoms with E-state index in [0.29, 0.717) is 29.0 Å². The van der Waals surface area contributed by atoms with E-state index in [1.807, 2.05) is 13.0 Å². The molecule has 0 saturated carbocycles. The van der Waals surface area contributed by atoms with Crippen molar-refractivity contribution in [1.29, 1.82) is 0 Å². The maximum absolute atomic E-state index is 13.6. The van der Waals surface area contributed by atoms with Gasteiger partial charge in [-0.15, -0.1) is 0 Å². The number of ether oxygens (including phenoxy) is 1. The van der Waals surface area contributed by atoms with Gasteiger partial charge in [0.25, 0.3) is 10.0 Å². The maximum atomic E-state index is 13.6. The van der Waals surface area contributed by atoms with E-state index in [2.05, 4.69) is 4.98 Å². The average Bonchev–Trinajstić information content (AvgIpc) is 3.19. The van der Waals surface area contributed by atoms with Crippen LogP contribution in [0.5, 0.6) is 0 Å². The van der Waals surface area contributed by atoms with Gasteiger partial charge in [-0.3, -0.25) is 0 Å². The number of aromatic nitrogens is 2. The molecule has 6 nitrogen and oxygen atoms in total. The first-order valence-electron chi connectivity index (χ1n) is 10.1. The Labute approximate surface area is 186 Å². The van der Waals surface area contributed by atoms with Crippen LogP contribution in [-0.4, -0.2) is 30.0 Å². The quantitative estimate of drug-likeness (QED) is 0.313. The van der Waals surface area contributed by atoms with Crippen molar-refractivity contribution < 1.29 is 17.9 Å². The third kappa shape index (κ3) is 4.20. The first-order valence-corrected chi connectivity index (χ1v) is 11.6. The van der Waals surface area contributed by atoms with Crippen LogP contribution in [0.25, 0.3) is 28.5 Å². The molecule has 0 bridgehead atoms. The smallest absolute Gasteiger partial charge is 0.330 e. The van der Waals surface area contributed by atoms with Crippen molar-refractivity contribution in [2.24, 2.45) is 0 Å². The summed E-state index contributed by atoms with van der Waals surface area (Å²) in [5.41, 5.74) is 3.50. The molecule has 0 aliphatic carbocycles. The molecule has 1 heterocycles. The molecule has 4 rings (SSSR count). The zero-order chi connectivity index (χ0) is 22.7. The summed E-state index contributed by atoms with van der Waals surface area (Å²) in [5, 5.41) is 0. The second kappa shape index (κ2) is 8.80. The first-order chi connectivity index (χ1) is 15.4. The van der Waals surface area contributed by atoms with E-state index in [1.165, 1.54) is 10.0 Å². The van der Waals surface area contributed by atoms with Gasteiger partial charge in [0, 0.05) is 11.6 Å². The molecule has 4 aromatic rings. The minimum absolute atomic E-state index is 0.196. The van der Waals surface area contributed by atoms with Gasteiger partial charge >= 0.3 is 5.97 Å². The summed E-state index contributed by atoms with van der Waals surface area (Å²) in [4.78, 5) is 16.3. The van der Waals surface area contributed by atoms with Gasteiger partial charge in [0.15, 0.2) is 5.82 Å². The highest BCUT2D eigenvalue weighted by Crippen LogP contribution is 2.30. The Morgan fingerprint density at radius 3 is 2.38 bits per heavy atom. The number of carbonyl (C=O) groups excluding carboxylic acids is 1. The fourth-order valence-electron chi connectivity index (χ4n) is 3.34. The summed E-state index contributed by atoms with van der Waals surface area (Å²) in [6.07, 6.45) is 3.00. The van der Waals surface area contributed by atoms with Crippen molar-refractivity contribution in [2.45, 2.75) is 18.7 Å². The monoisotopic (exact) mass is 446 g/mol. The molecule has 0 aliphatic rings. The van der Waals surface area contributed by atoms with E-state index in [-0.39, 0.29) is 4.90 Å². The first kappa shape index (κ1) is 21.5. The van der Waals surface area contributed by atoms with E-state index in [9.17, 15) is 13.2 Å². The van der Waals surface area contributed by atoms with Gasteiger partial charge in [-0.1, -0.05) is 54.1 Å². The lowest BCUT2D eigenvalue weighted by molar-refractivity contribution is -0.137. The van der Waals surface area contributed by atoms with Crippen LogP contribution in [0.2, 0.25) is 0 Å². The Morgan fingerprint density at radius 2 is 1.69 bits per heavy atom. The molecule has 0 N–H and O–H groups in total. The predicted molar refractivity (Wildman–Crippen MR) is 125 cm³/mol. The Balaban J connectivity index is 1.80. The fraction of sp³-hybridized carbons (Fsp3) is 0.120. The van der Waals surface area contributed by atoms with Crippen molar-refractivity contribution in [1.82, 2.24) is 8.96 Å². The number of imidazole rings is 1. The number of fused-ring (bicyclic) bond motifs is 1. The number of hydrogen-bond acceptors (Lipinski definition) is 5. The van der Waals surface area contributed by atoms with Crippen molar-refractivity contribution in [3.8, 4) is 11.4 Å². The van der Waals surface area contributed by atoms with Crippen molar-refractivity contribution in [3.05, 3.63) is 90.0 Å². The number of benzene rings is 3. The molecule has 0 unspecified atom stereocenters. The van der Waals surface area contributed by atoms with Crippen LogP contribution in [0.15, 0.2) is 83.8 Å². The molecular weight excluding hydrogens is 424 g/mol. The van der Waals surface area contributed by atoms with Crippen molar-refractivity contribution in [3.63, 3.8) is 0 Å². The van der Waals surface area contributed by atoms with E-state index < -0.39 is 16.0 Å². The number of nitrogens with zero attached hydrogens (tertiary/aromatic N) is 2. The number of aryl methyl sites for hydroxylation is 1. The van der Waals surface area contributed by atoms with Crippen LogP contribution < -0.4 is 0 Å². The number of carbonyl (C=O) groups is 1. The maximum Gasteiger partial charge on any atom is 0.330 e. The number of para-hydroxylation sites is 2. The molecular formula is C25H22N2O4S. The Morgan fingerprint density at radius 1 is 1.00 bits per heavy atom. The minimum atomic E-state index is -3.88. The van der Waals surface area contributed by atoms with Crippen molar-refractivity contribution >= 4 is 33.1 Å². The van der Waals surface area contributed by atoms with Gasteiger partial charge in [-0.25, -0.2) is 22.2 Å². The summed E-state index contributed by atoms with van der Waals surface area (Å²) < 4.78 is 33.3. The SMILES string of the molecule is CCOC(=O)/C=C/c1ccc(-c2nc3ccccc3n2S(=O)(=O)c2ccc(C)cc2)cc1. The van der Waals surface area contributed by atoms with Gasteiger partial charge in [0.1, 0.15) is 0 Å². The summed E-state index contributed by atoms with van der Waals surface area (Å²) in [6.45, 7) is 3.97. The van der Waals surface area contributed by atoms with E-state index in [0.717, 1.165) is 11.1 Å². The third-order valence-corrected chi connectivity index (χ3v) is 6.66. The van der Waals surface area contributed by atoms with Crippen LogP contribution in [0.3, 0.4) is 0 Å². The Hall–Kier alpha value is -3.71. The lowest BCUT2D eigenvalue weighted by atomic mass is 10.1. The van der Waals surface area contributed by atoms with Crippen LogP contribution in [0, 0.1) is 6.92 Å². The molecule has 0 aliphatic heterocycles. The molecule has 1 aromatic heterocycles. The molecule has 0 fully saturated rings. The average molecular weight is 447 g/mol. The zero-order valence-electron chi connectivity index (χ0n) is 17.7. The van der Waals surface area contributed by atoms with Crippen LogP contribution in [-0.2, 0) is 19.6 Å². The van der Waals surface area contributed by atoms with Gasteiger partial charge in [-0.05, 0) is 49.8 Å². The molecule has 162 valence electrons. The Kier molecular flexibility index (Phi) is 5.92. The van der Waals surface area contributed by atoms with Gasteiger partial charge in [0.05, 0.1) is 22.5 Å². The number of esters is 1. The lowest BCUT2D eigenvalue weighted by Crippen LogP contribution is -2.14. The molecule has 0 atom stereocenters. The second-order valence-corrected chi connectivity index (χ2v) is 9.00. The lowest BCUT2D eigenvalue weighted by Gasteiger charge is -2.11. The van der Waals surface area contributed by atoms with Crippen LogP contribution in [0.4, 0.5) is 0 Å². The van der Waals surface area contributed by atoms with Gasteiger partial charge < -0.3 is 4.74 Å². The fourth-order valence-corrected chi connectivity index (χ4v) is 4.82. The standard InChI is InChI=1S/C25H22N2O4S/c1-3-31-24(28)17-12-19-10-13-20(14-11-19)25-26-22-6-4-5-7-23(22)27(25)32(29,30)21-15-8-18(2)9-16-21/h4-17H,3H2,1-2H3/b17-12+. The molecule has 32 heavy (non-hydrogen) atoms. The largest absolute Gasteiger partial charge is 0.463 e. The van der Waals surface area contributed by atoms with Gasteiger partial charge in [-0.2, -0.15) is 0 Å². The van der Waals surface area contributed by atoms with Crippen LogP contribution >= 0.6 is 0 Å². The highest BCUT2D eigenvalue weighted by Gasteiger charge is 2.25. The summed E-state index contributed by atoms with van der Waals surface area (Å²) in [5.74, 6) is -0.0877. The zero-order valence-corrected chi connectivity index (χ0v) is 18.5. The number of hydrogen-bond donors (Lipinski definition) is 0.